The van der Waals surface area contributed by atoms with Crippen molar-refractivity contribution in [3.63, 3.8) is 0 Å². The zero-order valence-corrected chi connectivity index (χ0v) is 26.8. The molecule has 0 aromatic heterocycles. The van der Waals surface area contributed by atoms with Crippen LogP contribution in [0.3, 0.4) is 0 Å². The molecule has 9 nitrogen and oxygen atoms in total. The van der Waals surface area contributed by atoms with Gasteiger partial charge in [-0.15, -0.1) is 0 Å². The van der Waals surface area contributed by atoms with Crippen molar-refractivity contribution in [3.8, 4) is 0 Å². The number of ether oxygens (including phenoxy) is 1. The van der Waals surface area contributed by atoms with E-state index < -0.39 is 35.1 Å². The highest BCUT2D eigenvalue weighted by Gasteiger charge is 2.78. The summed E-state index contributed by atoms with van der Waals surface area (Å²) in [7, 11) is 0. The molecule has 3 aliphatic rings. The molecule has 3 heterocycles. The summed E-state index contributed by atoms with van der Waals surface area (Å²) in [6.07, 6.45) is 1.36. The number of amides is 3. The number of benzene rings is 3. The lowest BCUT2D eigenvalue weighted by atomic mass is 9.66. The Kier molecular flexibility index (Phi) is 8.90. The zero-order valence-electron chi connectivity index (χ0n) is 26.8. The van der Waals surface area contributed by atoms with E-state index in [2.05, 4.69) is 29.4 Å². The van der Waals surface area contributed by atoms with E-state index in [0.29, 0.717) is 31.5 Å². The molecule has 46 heavy (non-hydrogen) atoms. The van der Waals surface area contributed by atoms with Gasteiger partial charge in [0.25, 0.3) is 0 Å². The van der Waals surface area contributed by atoms with Gasteiger partial charge in [0.15, 0.2) is 0 Å². The number of nitrogens with zero attached hydrogens (tertiary/aromatic N) is 2. The summed E-state index contributed by atoms with van der Waals surface area (Å²) in [5, 5.41) is 16.8. The molecule has 2 bridgehead atoms. The summed E-state index contributed by atoms with van der Waals surface area (Å²) in [6.45, 7) is 7.80. The molecule has 2 unspecified atom stereocenters. The van der Waals surface area contributed by atoms with Crippen LogP contribution in [0.15, 0.2) is 84.9 Å². The Morgan fingerprint density at radius 3 is 2.17 bits per heavy atom. The lowest BCUT2D eigenvalue weighted by molar-refractivity contribution is -0.148. The number of carbonyl (C=O) groups is 3. The third kappa shape index (κ3) is 5.56. The van der Waals surface area contributed by atoms with Gasteiger partial charge in [-0.3, -0.25) is 14.4 Å². The molecule has 3 amide bonds. The van der Waals surface area contributed by atoms with E-state index in [9.17, 15) is 19.5 Å². The van der Waals surface area contributed by atoms with Crippen molar-refractivity contribution in [3.05, 3.63) is 96.1 Å². The second-order valence-corrected chi connectivity index (χ2v) is 12.9. The van der Waals surface area contributed by atoms with Gasteiger partial charge in [0.2, 0.25) is 17.7 Å². The molecule has 0 saturated carbocycles. The van der Waals surface area contributed by atoms with E-state index in [1.165, 1.54) is 4.90 Å². The summed E-state index contributed by atoms with van der Waals surface area (Å²) >= 11 is 0. The Balaban J connectivity index is 1.33. The molecule has 3 aliphatic heterocycles. The molecule has 3 aromatic carbocycles. The van der Waals surface area contributed by atoms with Crippen molar-refractivity contribution in [2.24, 2.45) is 11.8 Å². The van der Waals surface area contributed by atoms with Gasteiger partial charge in [-0.1, -0.05) is 60.7 Å². The number of anilines is 2. The molecule has 3 aromatic rings. The first-order chi connectivity index (χ1) is 22.2. The predicted octanol–water partition coefficient (Wildman–Crippen LogP) is 4.16. The van der Waals surface area contributed by atoms with Gasteiger partial charge in [0, 0.05) is 31.0 Å². The zero-order chi connectivity index (χ0) is 32.5. The van der Waals surface area contributed by atoms with Gasteiger partial charge in [0.05, 0.1) is 30.1 Å². The Bertz CT molecular complexity index is 1550. The summed E-state index contributed by atoms with van der Waals surface area (Å²) in [5.41, 5.74) is 1.45. The molecule has 9 heteroatoms. The first kappa shape index (κ1) is 31.8. The Hall–Kier alpha value is -4.21. The maximum atomic E-state index is 14.6. The molecule has 1 spiro atoms. The fraction of sp³-hybridized carbons (Fsp3) is 0.432. The SMILES string of the molecule is CCN(CC)c1ccc(NC(=O)C2N([C@@H](CO)Cc3ccccc3)C(=O)[C@@H]3[C@@H](C(=O)NCc4ccccc4)[C@@]4(C)CCC23O4)cc1. The van der Waals surface area contributed by atoms with Crippen molar-refractivity contribution in [2.45, 2.75) is 69.9 Å². The summed E-state index contributed by atoms with van der Waals surface area (Å²) in [5.74, 6) is -2.60. The number of aliphatic hydroxyl groups is 1. The van der Waals surface area contributed by atoms with Crippen LogP contribution in [-0.4, -0.2) is 70.7 Å². The van der Waals surface area contributed by atoms with Crippen LogP contribution in [-0.2, 0) is 32.1 Å². The Morgan fingerprint density at radius 1 is 0.935 bits per heavy atom. The minimum atomic E-state index is -1.20. The second kappa shape index (κ2) is 12.9. The molecular weight excluding hydrogens is 580 g/mol. The van der Waals surface area contributed by atoms with E-state index >= 15 is 0 Å². The molecule has 3 fully saturated rings. The highest BCUT2D eigenvalue weighted by Crippen LogP contribution is 2.63. The van der Waals surface area contributed by atoms with Crippen molar-refractivity contribution >= 4 is 29.1 Å². The van der Waals surface area contributed by atoms with Gasteiger partial charge in [0.1, 0.15) is 11.6 Å². The van der Waals surface area contributed by atoms with Gasteiger partial charge in [-0.25, -0.2) is 0 Å². The smallest absolute Gasteiger partial charge is 0.250 e. The minimum absolute atomic E-state index is 0.261. The van der Waals surface area contributed by atoms with Crippen LogP contribution in [0.4, 0.5) is 11.4 Å². The van der Waals surface area contributed by atoms with Gasteiger partial charge in [-0.2, -0.15) is 0 Å². The highest BCUT2D eigenvalue weighted by atomic mass is 16.5. The first-order valence-electron chi connectivity index (χ1n) is 16.4. The van der Waals surface area contributed by atoms with Gasteiger partial charge >= 0.3 is 0 Å². The standard InChI is InChI=1S/C37H44N4O5/c1-4-40(5-2)28-18-16-27(17-19-28)39-34(44)32-37-21-20-36(3,46-37)30(33(43)38-23-26-14-10-7-11-15-26)31(37)35(45)41(32)29(24-42)22-25-12-8-6-9-13-25/h6-19,29-32,42H,4-5,20-24H2,1-3H3,(H,38,43)(H,39,44)/t29-,30+,31+,32?,36-,37?/m1/s1. The molecule has 0 radical (unpaired) electrons. The topological polar surface area (TPSA) is 111 Å². The fourth-order valence-electron chi connectivity index (χ4n) is 8.04. The summed E-state index contributed by atoms with van der Waals surface area (Å²) in [6, 6.07) is 25.2. The average Bonchev–Trinajstić information content (AvgIpc) is 3.65. The lowest BCUT2D eigenvalue weighted by Gasteiger charge is -2.37. The lowest BCUT2D eigenvalue weighted by Crippen LogP contribution is -2.57. The third-order valence-electron chi connectivity index (χ3n) is 10.2. The molecule has 0 aliphatic carbocycles. The second-order valence-electron chi connectivity index (χ2n) is 12.9. The largest absolute Gasteiger partial charge is 0.394 e. The predicted molar refractivity (Wildman–Crippen MR) is 177 cm³/mol. The first-order valence-corrected chi connectivity index (χ1v) is 16.4. The normalized spacial score (nSPS) is 26.9. The van der Waals surface area contributed by atoms with E-state index in [1.54, 1.807) is 0 Å². The van der Waals surface area contributed by atoms with E-state index in [4.69, 9.17) is 4.74 Å². The molecule has 6 atom stereocenters. The highest BCUT2D eigenvalue weighted by molar-refractivity contribution is 6.04. The third-order valence-corrected chi connectivity index (χ3v) is 10.2. The number of carbonyl (C=O) groups excluding carboxylic acids is 3. The van der Waals surface area contributed by atoms with Crippen LogP contribution in [0.2, 0.25) is 0 Å². The maximum absolute atomic E-state index is 14.6. The molecule has 3 saturated heterocycles. The number of nitrogens with one attached hydrogen (secondary N) is 2. The van der Waals surface area contributed by atoms with Crippen molar-refractivity contribution in [1.29, 1.82) is 0 Å². The van der Waals surface area contributed by atoms with E-state index in [1.807, 2.05) is 91.9 Å². The minimum Gasteiger partial charge on any atom is -0.394 e. The van der Waals surface area contributed by atoms with Crippen molar-refractivity contribution in [1.82, 2.24) is 10.2 Å². The van der Waals surface area contributed by atoms with Crippen LogP contribution in [0.5, 0.6) is 0 Å². The fourth-order valence-corrected chi connectivity index (χ4v) is 8.04. The van der Waals surface area contributed by atoms with Crippen molar-refractivity contribution < 1.29 is 24.2 Å². The number of likely N-dealkylation sites (tertiary alicyclic amines) is 1. The summed E-state index contributed by atoms with van der Waals surface area (Å²) < 4.78 is 6.78. The van der Waals surface area contributed by atoms with Crippen LogP contribution >= 0.6 is 0 Å². The van der Waals surface area contributed by atoms with Crippen LogP contribution in [0.25, 0.3) is 0 Å². The van der Waals surface area contributed by atoms with Gasteiger partial charge < -0.3 is 30.3 Å². The number of aliphatic hydroxyl groups excluding tert-OH is 1. The van der Waals surface area contributed by atoms with Crippen molar-refractivity contribution in [2.75, 3.05) is 29.9 Å². The van der Waals surface area contributed by atoms with Gasteiger partial charge in [-0.05, 0) is 75.4 Å². The maximum Gasteiger partial charge on any atom is 0.250 e. The molecular formula is C37H44N4O5. The number of fused-ring (bicyclic) bond motifs is 1. The summed E-state index contributed by atoms with van der Waals surface area (Å²) in [4.78, 5) is 46.7. The van der Waals surface area contributed by atoms with Crippen LogP contribution in [0, 0.1) is 11.8 Å². The quantitative estimate of drug-likeness (QED) is 0.279. The Labute approximate surface area is 270 Å². The number of rotatable bonds is 12. The molecule has 3 N–H and O–H groups in total. The monoisotopic (exact) mass is 624 g/mol. The van der Waals surface area contributed by atoms with E-state index in [-0.39, 0.29) is 24.3 Å². The average molecular weight is 625 g/mol. The number of hydrogen-bond acceptors (Lipinski definition) is 6. The van der Waals surface area contributed by atoms with E-state index in [0.717, 1.165) is 29.9 Å². The number of hydrogen-bond donors (Lipinski definition) is 3. The molecule has 242 valence electrons. The van der Waals surface area contributed by atoms with Crippen LogP contribution in [0.1, 0.15) is 44.7 Å². The molecule has 6 rings (SSSR count). The van der Waals surface area contributed by atoms with Crippen LogP contribution < -0.4 is 15.5 Å². The Morgan fingerprint density at radius 2 is 1.57 bits per heavy atom.